The minimum atomic E-state index is -3.39. The molecule has 1 saturated heterocycles. The number of nitrogens with one attached hydrogen (secondary N) is 1. The van der Waals surface area contributed by atoms with E-state index >= 15 is 0 Å². The van der Waals surface area contributed by atoms with Crippen LogP contribution in [-0.2, 0) is 20.6 Å². The van der Waals surface area contributed by atoms with Gasteiger partial charge in [0, 0.05) is 19.0 Å². The van der Waals surface area contributed by atoms with Crippen molar-refractivity contribution in [1.82, 2.24) is 9.62 Å². The highest BCUT2D eigenvalue weighted by Crippen LogP contribution is 2.22. The Kier molecular flexibility index (Phi) is 7.73. The van der Waals surface area contributed by atoms with E-state index in [1.54, 1.807) is 0 Å². The number of rotatable bonds is 8. The van der Waals surface area contributed by atoms with Crippen molar-refractivity contribution in [3.05, 3.63) is 65.2 Å². The van der Waals surface area contributed by atoms with Crippen LogP contribution in [0.1, 0.15) is 36.5 Å². The molecule has 7 heteroatoms. The Balaban J connectivity index is 1.44. The summed E-state index contributed by atoms with van der Waals surface area (Å²) in [5.74, 6) is 0.570. The fourth-order valence-electron chi connectivity index (χ4n) is 3.76. The molecule has 0 aromatic heterocycles. The number of nitrogens with zero attached hydrogens (tertiary/aromatic N) is 1. The average Bonchev–Trinajstić information content (AvgIpc) is 2.73. The van der Waals surface area contributed by atoms with Gasteiger partial charge in [-0.1, -0.05) is 47.5 Å². The lowest BCUT2D eigenvalue weighted by atomic mass is 9.97. The van der Waals surface area contributed by atoms with E-state index in [0.717, 1.165) is 16.9 Å². The predicted octanol–water partition coefficient (Wildman–Crippen LogP) is 3.43. The van der Waals surface area contributed by atoms with Gasteiger partial charge < -0.3 is 10.1 Å². The van der Waals surface area contributed by atoms with E-state index in [9.17, 15) is 13.2 Å². The highest BCUT2D eigenvalue weighted by molar-refractivity contribution is 7.88. The Morgan fingerprint density at radius 1 is 1.10 bits per heavy atom. The summed E-state index contributed by atoms with van der Waals surface area (Å²) in [4.78, 5) is 12.6. The predicted molar refractivity (Wildman–Crippen MR) is 122 cm³/mol. The van der Waals surface area contributed by atoms with E-state index < -0.39 is 10.0 Å². The molecule has 1 atom stereocenters. The number of carbonyl (C=O) groups excluding carboxylic acids is 1. The molecule has 1 unspecified atom stereocenters. The molecule has 1 heterocycles. The van der Waals surface area contributed by atoms with Crippen LogP contribution in [0.3, 0.4) is 0 Å². The molecule has 3 rings (SSSR count). The van der Waals surface area contributed by atoms with Crippen molar-refractivity contribution >= 4 is 15.9 Å². The molecule has 6 nitrogen and oxygen atoms in total. The molecule has 1 fully saturated rings. The largest absolute Gasteiger partial charge is 0.491 e. The van der Waals surface area contributed by atoms with Gasteiger partial charge in [0.25, 0.3) is 0 Å². The highest BCUT2D eigenvalue weighted by atomic mass is 32.2. The number of sulfonamides is 1. The topological polar surface area (TPSA) is 75.7 Å². The van der Waals surface area contributed by atoms with Crippen molar-refractivity contribution in [1.29, 1.82) is 0 Å². The summed E-state index contributed by atoms with van der Waals surface area (Å²) in [5, 5.41) is 3.00. The Morgan fingerprint density at radius 3 is 2.42 bits per heavy atom. The normalized spacial score (nSPS) is 16.6. The maximum absolute atomic E-state index is 12.8. The monoisotopic (exact) mass is 444 g/mol. The van der Waals surface area contributed by atoms with E-state index in [-0.39, 0.29) is 23.6 Å². The molecule has 0 aliphatic carbocycles. The van der Waals surface area contributed by atoms with Crippen LogP contribution in [0.4, 0.5) is 0 Å². The summed E-state index contributed by atoms with van der Waals surface area (Å²) in [6.45, 7) is 7.02. The Bertz CT molecular complexity index is 981. The first-order valence-electron chi connectivity index (χ1n) is 10.8. The van der Waals surface area contributed by atoms with E-state index in [4.69, 9.17) is 4.74 Å². The van der Waals surface area contributed by atoms with Crippen molar-refractivity contribution in [2.24, 2.45) is 5.92 Å². The van der Waals surface area contributed by atoms with Crippen LogP contribution in [0.2, 0.25) is 0 Å². The molecule has 0 bridgehead atoms. The minimum absolute atomic E-state index is 0.00106. The zero-order valence-corrected chi connectivity index (χ0v) is 19.3. The second kappa shape index (κ2) is 10.3. The zero-order valence-electron chi connectivity index (χ0n) is 18.5. The summed E-state index contributed by atoms with van der Waals surface area (Å²) in [7, 11) is -3.39. The van der Waals surface area contributed by atoms with Crippen molar-refractivity contribution in [3.63, 3.8) is 0 Å². The summed E-state index contributed by atoms with van der Waals surface area (Å²) < 4.78 is 32.8. The maximum atomic E-state index is 12.8. The molecule has 0 saturated carbocycles. The van der Waals surface area contributed by atoms with Gasteiger partial charge >= 0.3 is 0 Å². The van der Waals surface area contributed by atoms with Gasteiger partial charge in [-0.25, -0.2) is 12.7 Å². The smallest absolute Gasteiger partial charge is 0.223 e. The van der Waals surface area contributed by atoms with Gasteiger partial charge in [-0.2, -0.15) is 0 Å². The molecular weight excluding hydrogens is 412 g/mol. The number of aryl methyl sites for hydroxylation is 2. The molecule has 31 heavy (non-hydrogen) atoms. The van der Waals surface area contributed by atoms with E-state index in [2.05, 4.69) is 5.32 Å². The second-order valence-corrected chi connectivity index (χ2v) is 10.4. The van der Waals surface area contributed by atoms with Gasteiger partial charge in [-0.3, -0.25) is 4.79 Å². The first-order valence-corrected chi connectivity index (χ1v) is 12.4. The third-order valence-corrected chi connectivity index (χ3v) is 7.41. The fraction of sp³-hybridized carbons (Fsp3) is 0.458. The number of hydrogen-bond donors (Lipinski definition) is 1. The number of hydrogen-bond acceptors (Lipinski definition) is 4. The summed E-state index contributed by atoms with van der Waals surface area (Å²) >= 11 is 0. The molecule has 0 spiro atoms. The molecular formula is C24H32N2O4S. The molecule has 1 aliphatic rings. The van der Waals surface area contributed by atoms with Crippen molar-refractivity contribution < 1.29 is 17.9 Å². The first-order chi connectivity index (χ1) is 14.7. The number of ether oxygens (including phenoxy) is 1. The fourth-order valence-corrected chi connectivity index (χ4v) is 5.31. The van der Waals surface area contributed by atoms with Crippen molar-refractivity contribution in [3.8, 4) is 5.75 Å². The summed E-state index contributed by atoms with van der Waals surface area (Å²) in [5.41, 5.74) is 3.01. The molecule has 2 aromatic carbocycles. The van der Waals surface area contributed by atoms with Gasteiger partial charge in [-0.05, 0) is 51.3 Å². The number of piperidine rings is 1. The quantitative estimate of drug-likeness (QED) is 0.677. The lowest BCUT2D eigenvalue weighted by molar-refractivity contribution is -0.126. The molecule has 1 amide bonds. The summed E-state index contributed by atoms with van der Waals surface area (Å²) in [6, 6.07) is 15.2. The third-order valence-electron chi connectivity index (χ3n) is 5.56. The van der Waals surface area contributed by atoms with Crippen LogP contribution < -0.4 is 10.1 Å². The van der Waals surface area contributed by atoms with Crippen LogP contribution >= 0.6 is 0 Å². The maximum Gasteiger partial charge on any atom is 0.223 e. The first kappa shape index (κ1) is 23.3. The Morgan fingerprint density at radius 2 is 1.77 bits per heavy atom. The van der Waals surface area contributed by atoms with Gasteiger partial charge in [0.15, 0.2) is 0 Å². The van der Waals surface area contributed by atoms with E-state index in [0.29, 0.717) is 32.5 Å². The lowest BCUT2D eigenvalue weighted by Crippen LogP contribution is -2.46. The lowest BCUT2D eigenvalue weighted by Gasteiger charge is -2.31. The molecule has 1 N–H and O–H groups in total. The number of amides is 1. The number of carbonyl (C=O) groups is 1. The van der Waals surface area contributed by atoms with E-state index in [1.165, 1.54) is 9.87 Å². The molecule has 1 aliphatic heterocycles. The molecule has 2 aromatic rings. The van der Waals surface area contributed by atoms with E-state index in [1.807, 2.05) is 69.3 Å². The van der Waals surface area contributed by atoms with Crippen LogP contribution in [0.25, 0.3) is 0 Å². The molecule has 0 radical (unpaired) electrons. The van der Waals surface area contributed by atoms with Gasteiger partial charge in [-0.15, -0.1) is 0 Å². The van der Waals surface area contributed by atoms with Gasteiger partial charge in [0.1, 0.15) is 12.4 Å². The van der Waals surface area contributed by atoms with Crippen LogP contribution in [0.5, 0.6) is 5.75 Å². The average molecular weight is 445 g/mol. The van der Waals surface area contributed by atoms with Crippen LogP contribution in [0, 0.1) is 19.8 Å². The van der Waals surface area contributed by atoms with Crippen molar-refractivity contribution in [2.75, 3.05) is 19.7 Å². The molecule has 168 valence electrons. The highest BCUT2D eigenvalue weighted by Gasteiger charge is 2.31. The van der Waals surface area contributed by atoms with Crippen molar-refractivity contribution in [2.45, 2.75) is 45.4 Å². The number of benzene rings is 2. The zero-order chi connectivity index (χ0) is 22.4. The SMILES string of the molecule is Cc1ccc(OCC(C)NC(=O)C2CCN(S(=O)(=O)Cc3cccc(C)c3)CC2)cc1. The van der Waals surface area contributed by atoms with Crippen LogP contribution in [-0.4, -0.2) is 44.4 Å². The third kappa shape index (κ3) is 6.80. The summed E-state index contributed by atoms with van der Waals surface area (Å²) in [6.07, 6.45) is 1.06. The minimum Gasteiger partial charge on any atom is -0.491 e. The second-order valence-electron chi connectivity index (χ2n) is 8.45. The Labute approximate surface area is 185 Å². The van der Waals surface area contributed by atoms with Gasteiger partial charge in [0.05, 0.1) is 11.8 Å². The Hall–Kier alpha value is -2.38. The van der Waals surface area contributed by atoms with Crippen LogP contribution in [0.15, 0.2) is 48.5 Å². The standard InChI is InChI=1S/C24H32N2O4S/c1-18-7-9-23(10-8-18)30-16-20(3)25-24(27)22-11-13-26(14-12-22)31(28,29)17-21-6-4-5-19(2)15-21/h4-10,15,20,22H,11-14,16-17H2,1-3H3,(H,25,27). The van der Waals surface area contributed by atoms with Gasteiger partial charge in [0.2, 0.25) is 15.9 Å².